The predicted molar refractivity (Wildman–Crippen MR) is 84.1 cm³/mol. The van der Waals surface area contributed by atoms with Crippen LogP contribution in [0.15, 0.2) is 46.9 Å². The normalized spacial score (nSPS) is 12.4. The number of aryl methyl sites for hydroxylation is 1. The van der Waals surface area contributed by atoms with Crippen molar-refractivity contribution < 1.29 is 0 Å². The van der Waals surface area contributed by atoms with E-state index in [0.717, 1.165) is 22.0 Å². The lowest BCUT2D eigenvalue weighted by atomic mass is 9.97. The molecule has 0 aliphatic heterocycles. The third-order valence-corrected chi connectivity index (χ3v) is 4.37. The van der Waals surface area contributed by atoms with Gasteiger partial charge in [0.15, 0.2) is 0 Å². The van der Waals surface area contributed by atoms with Crippen molar-refractivity contribution in [1.82, 2.24) is 5.43 Å². The fourth-order valence-corrected chi connectivity index (χ4v) is 2.51. The van der Waals surface area contributed by atoms with Gasteiger partial charge in [0.05, 0.1) is 11.1 Å². The first-order valence-electron chi connectivity index (χ1n) is 6.15. The second-order valence-corrected chi connectivity index (χ2v) is 5.63. The van der Waals surface area contributed by atoms with Crippen LogP contribution < -0.4 is 11.3 Å². The highest BCUT2D eigenvalue weighted by molar-refractivity contribution is 9.10. The third kappa shape index (κ3) is 3.37. The molecule has 0 fully saturated rings. The Morgan fingerprint density at radius 3 is 2.58 bits per heavy atom. The average molecular weight is 340 g/mol. The number of benzene rings is 2. The molecule has 0 amide bonds. The van der Waals surface area contributed by atoms with Crippen LogP contribution in [0.5, 0.6) is 0 Å². The third-order valence-electron chi connectivity index (χ3n) is 3.14. The van der Waals surface area contributed by atoms with Crippen molar-refractivity contribution in [3.05, 3.63) is 68.7 Å². The van der Waals surface area contributed by atoms with E-state index in [-0.39, 0.29) is 6.04 Å². The van der Waals surface area contributed by atoms with Crippen molar-refractivity contribution in [3.63, 3.8) is 0 Å². The lowest BCUT2D eigenvalue weighted by Gasteiger charge is -2.18. The van der Waals surface area contributed by atoms with Crippen LogP contribution in [0.3, 0.4) is 0 Å². The van der Waals surface area contributed by atoms with Crippen LogP contribution in [0, 0.1) is 0 Å². The molecule has 0 spiro atoms. The Labute approximate surface area is 127 Å². The van der Waals surface area contributed by atoms with Crippen molar-refractivity contribution in [3.8, 4) is 0 Å². The van der Waals surface area contributed by atoms with Crippen molar-refractivity contribution in [2.45, 2.75) is 19.4 Å². The fourth-order valence-electron chi connectivity index (χ4n) is 2.07. The summed E-state index contributed by atoms with van der Waals surface area (Å²) < 4.78 is 0.885. The minimum absolute atomic E-state index is 0.0582. The number of halogens is 2. The molecular formula is C15H16BrClN2. The van der Waals surface area contributed by atoms with E-state index in [1.165, 1.54) is 5.56 Å². The molecule has 2 nitrogen and oxygen atoms in total. The molecule has 19 heavy (non-hydrogen) atoms. The van der Waals surface area contributed by atoms with E-state index in [1.807, 2.05) is 18.2 Å². The number of hydrogen-bond acceptors (Lipinski definition) is 2. The molecule has 1 unspecified atom stereocenters. The molecule has 4 heteroatoms. The number of rotatable bonds is 4. The number of nitrogens with one attached hydrogen (secondary N) is 1. The maximum atomic E-state index is 6.15. The number of nitrogens with two attached hydrogens (primary N) is 1. The van der Waals surface area contributed by atoms with Gasteiger partial charge in [-0.1, -0.05) is 48.9 Å². The van der Waals surface area contributed by atoms with Gasteiger partial charge in [-0.05, 0) is 51.2 Å². The van der Waals surface area contributed by atoms with Gasteiger partial charge in [-0.25, -0.2) is 5.43 Å². The second-order valence-electron chi connectivity index (χ2n) is 4.37. The molecule has 1 atom stereocenters. The Morgan fingerprint density at radius 2 is 1.95 bits per heavy atom. The van der Waals surface area contributed by atoms with Gasteiger partial charge in [-0.3, -0.25) is 5.84 Å². The average Bonchev–Trinajstić information content (AvgIpc) is 2.44. The van der Waals surface area contributed by atoms with E-state index in [1.54, 1.807) is 0 Å². The summed E-state index contributed by atoms with van der Waals surface area (Å²) in [4.78, 5) is 0. The highest BCUT2D eigenvalue weighted by atomic mass is 79.9. The van der Waals surface area contributed by atoms with Gasteiger partial charge in [-0.2, -0.15) is 0 Å². The monoisotopic (exact) mass is 338 g/mol. The highest BCUT2D eigenvalue weighted by Crippen LogP contribution is 2.29. The topological polar surface area (TPSA) is 38.0 Å². The van der Waals surface area contributed by atoms with Crippen LogP contribution in [0.1, 0.15) is 29.7 Å². The summed E-state index contributed by atoms with van der Waals surface area (Å²) in [6.07, 6.45) is 1.01. The summed E-state index contributed by atoms with van der Waals surface area (Å²) in [7, 11) is 0. The summed E-state index contributed by atoms with van der Waals surface area (Å²) in [6, 6.07) is 14.2. The van der Waals surface area contributed by atoms with E-state index >= 15 is 0 Å². The Hall–Kier alpha value is -0.870. The quantitative estimate of drug-likeness (QED) is 0.646. The van der Waals surface area contributed by atoms with Crippen LogP contribution in [-0.4, -0.2) is 0 Å². The van der Waals surface area contributed by atoms with E-state index < -0.39 is 0 Å². The molecule has 0 heterocycles. The van der Waals surface area contributed by atoms with Crippen LogP contribution in [0.2, 0.25) is 5.02 Å². The maximum Gasteiger partial charge on any atom is 0.0710 e. The molecule has 2 aromatic rings. The molecule has 0 aromatic heterocycles. The van der Waals surface area contributed by atoms with Gasteiger partial charge in [0.25, 0.3) is 0 Å². The first kappa shape index (κ1) is 14.5. The van der Waals surface area contributed by atoms with Gasteiger partial charge in [0.1, 0.15) is 0 Å². The smallest absolute Gasteiger partial charge is 0.0710 e. The summed E-state index contributed by atoms with van der Waals surface area (Å²) in [5, 5.41) is 0.685. The Morgan fingerprint density at radius 1 is 1.21 bits per heavy atom. The van der Waals surface area contributed by atoms with Gasteiger partial charge in [0, 0.05) is 4.47 Å². The number of hydrogen-bond donors (Lipinski definition) is 2. The van der Waals surface area contributed by atoms with Gasteiger partial charge < -0.3 is 0 Å². The zero-order valence-corrected chi connectivity index (χ0v) is 13.0. The van der Waals surface area contributed by atoms with Crippen molar-refractivity contribution in [2.75, 3.05) is 0 Å². The standard InChI is InChI=1S/C15H16BrClN2/c1-2-10-4-3-5-11(8-10)15(19-18)12-6-7-13(16)14(17)9-12/h3-9,15,19H,2,18H2,1H3. The summed E-state index contributed by atoms with van der Waals surface area (Å²) in [6.45, 7) is 2.14. The molecule has 0 aliphatic rings. The Bertz CT molecular complexity index is 572. The summed E-state index contributed by atoms with van der Waals surface area (Å²) in [5.41, 5.74) is 6.34. The molecular weight excluding hydrogens is 324 g/mol. The molecule has 3 N–H and O–H groups in total. The SMILES string of the molecule is CCc1cccc(C(NN)c2ccc(Br)c(Cl)c2)c1. The summed E-state index contributed by atoms with van der Waals surface area (Å²) >= 11 is 9.54. The predicted octanol–water partition coefficient (Wildman–Crippen LogP) is 4.22. The van der Waals surface area contributed by atoms with Crippen molar-refractivity contribution >= 4 is 27.5 Å². The minimum atomic E-state index is -0.0582. The largest absolute Gasteiger partial charge is 0.271 e. The van der Waals surface area contributed by atoms with Gasteiger partial charge in [-0.15, -0.1) is 0 Å². The molecule has 0 radical (unpaired) electrons. The molecule has 2 rings (SSSR count). The van der Waals surface area contributed by atoms with Crippen LogP contribution in [0.4, 0.5) is 0 Å². The Balaban J connectivity index is 2.40. The summed E-state index contributed by atoms with van der Waals surface area (Å²) in [5.74, 6) is 5.71. The fraction of sp³-hybridized carbons (Fsp3) is 0.200. The van der Waals surface area contributed by atoms with Crippen LogP contribution in [0.25, 0.3) is 0 Å². The maximum absolute atomic E-state index is 6.15. The molecule has 0 bridgehead atoms. The van der Waals surface area contributed by atoms with Crippen molar-refractivity contribution in [1.29, 1.82) is 0 Å². The first-order valence-corrected chi connectivity index (χ1v) is 7.32. The second kappa shape index (κ2) is 6.53. The Kier molecular flexibility index (Phi) is 4.99. The van der Waals surface area contributed by atoms with Gasteiger partial charge >= 0.3 is 0 Å². The van der Waals surface area contributed by atoms with E-state index in [4.69, 9.17) is 17.4 Å². The first-order chi connectivity index (χ1) is 9.15. The molecule has 0 saturated heterocycles. The van der Waals surface area contributed by atoms with Gasteiger partial charge in [0.2, 0.25) is 0 Å². The van der Waals surface area contributed by atoms with E-state index in [9.17, 15) is 0 Å². The minimum Gasteiger partial charge on any atom is -0.271 e. The molecule has 0 saturated carbocycles. The van der Waals surface area contributed by atoms with Crippen LogP contribution in [-0.2, 0) is 6.42 Å². The lowest BCUT2D eigenvalue weighted by molar-refractivity contribution is 0.636. The zero-order chi connectivity index (χ0) is 13.8. The molecule has 2 aromatic carbocycles. The van der Waals surface area contributed by atoms with E-state index in [2.05, 4.69) is 52.5 Å². The lowest BCUT2D eigenvalue weighted by Crippen LogP contribution is -2.28. The van der Waals surface area contributed by atoms with E-state index in [0.29, 0.717) is 5.02 Å². The highest BCUT2D eigenvalue weighted by Gasteiger charge is 2.13. The zero-order valence-electron chi connectivity index (χ0n) is 10.7. The molecule has 0 aliphatic carbocycles. The van der Waals surface area contributed by atoms with Crippen molar-refractivity contribution in [2.24, 2.45) is 5.84 Å². The van der Waals surface area contributed by atoms with Crippen LogP contribution >= 0.6 is 27.5 Å². The number of hydrazine groups is 1. The molecule has 100 valence electrons.